The minimum Gasteiger partial charge on any atom is -0.393 e. The molecule has 0 aromatic carbocycles. The van der Waals surface area contributed by atoms with E-state index in [1.54, 1.807) is 13.8 Å². The van der Waals surface area contributed by atoms with Gasteiger partial charge in [0.2, 0.25) is 0 Å². The van der Waals surface area contributed by atoms with E-state index in [9.17, 15) is 18.0 Å². The van der Waals surface area contributed by atoms with Gasteiger partial charge in [-0.25, -0.2) is 0 Å². The normalized spacial score (nSPS) is 10.0. The summed E-state index contributed by atoms with van der Waals surface area (Å²) >= 11 is 0. The molecule has 0 unspecified atom stereocenters. The molecule has 96 valence electrons. The van der Waals surface area contributed by atoms with Crippen LogP contribution in [-0.4, -0.2) is 34.6 Å². The van der Waals surface area contributed by atoms with Crippen molar-refractivity contribution in [2.24, 2.45) is 0 Å². The molecule has 0 atom stereocenters. The second-order valence-corrected chi connectivity index (χ2v) is 3.78. The minimum atomic E-state index is -3.66. The molecule has 0 aliphatic rings. The van der Waals surface area contributed by atoms with E-state index in [0.29, 0.717) is 0 Å². The summed E-state index contributed by atoms with van der Waals surface area (Å²) in [5, 5.41) is 0. The zero-order valence-corrected chi connectivity index (χ0v) is 10.5. The van der Waals surface area contributed by atoms with E-state index < -0.39 is 22.3 Å². The Morgan fingerprint density at radius 3 is 1.38 bits per heavy atom. The molecule has 0 fully saturated rings. The summed E-state index contributed by atoms with van der Waals surface area (Å²) in [6, 6.07) is 0. The molecule has 0 bridgehead atoms. The summed E-state index contributed by atoms with van der Waals surface area (Å²) in [6.45, 7) is 3.29. The Kier molecular flexibility index (Phi) is 10.1. The van der Waals surface area contributed by atoms with Gasteiger partial charge in [0.05, 0.1) is 14.2 Å². The van der Waals surface area contributed by atoms with Crippen molar-refractivity contribution in [3.63, 3.8) is 0 Å². The molecule has 0 heterocycles. The van der Waals surface area contributed by atoms with Crippen molar-refractivity contribution in [2.45, 2.75) is 26.7 Å². The molecule has 0 amide bonds. The zero-order chi connectivity index (χ0) is 13.2. The summed E-state index contributed by atoms with van der Waals surface area (Å²) in [5.74, 6) is -0.913. The molecule has 16 heavy (non-hydrogen) atoms. The largest absolute Gasteiger partial charge is 0.399 e. The maximum atomic E-state index is 10.3. The fraction of sp³-hybridized carbons (Fsp3) is 0.750. The van der Waals surface area contributed by atoms with Crippen molar-refractivity contribution in [3.05, 3.63) is 0 Å². The second-order valence-electron chi connectivity index (χ2n) is 2.29. The molecule has 0 saturated heterocycles. The average molecular weight is 256 g/mol. The van der Waals surface area contributed by atoms with Crippen molar-refractivity contribution in [2.75, 3.05) is 14.2 Å². The number of hydrogen-bond donors (Lipinski definition) is 0. The van der Waals surface area contributed by atoms with Crippen LogP contribution in [0.4, 0.5) is 0 Å². The van der Waals surface area contributed by atoms with Gasteiger partial charge in [0, 0.05) is 12.8 Å². The van der Waals surface area contributed by atoms with E-state index in [2.05, 4.69) is 13.1 Å². The number of rotatable bonds is 4. The van der Waals surface area contributed by atoms with Crippen LogP contribution in [0.5, 0.6) is 0 Å². The van der Waals surface area contributed by atoms with Crippen molar-refractivity contribution >= 4 is 22.3 Å². The van der Waals surface area contributed by atoms with Gasteiger partial charge in [0.25, 0.3) is 0 Å². The quantitative estimate of drug-likeness (QED) is 0.530. The molecular formula is C8H16O7S. The first-order chi connectivity index (χ1) is 7.32. The van der Waals surface area contributed by atoms with Crippen molar-refractivity contribution in [3.8, 4) is 0 Å². The molecule has 0 aromatic rings. The van der Waals surface area contributed by atoms with Crippen LogP contribution in [0, 0.1) is 0 Å². The minimum absolute atomic E-state index is 0.256. The van der Waals surface area contributed by atoms with Gasteiger partial charge in [-0.2, -0.15) is 8.42 Å². The van der Waals surface area contributed by atoms with E-state index >= 15 is 0 Å². The lowest BCUT2D eigenvalue weighted by molar-refractivity contribution is -0.159. The van der Waals surface area contributed by atoms with Crippen LogP contribution in [0.25, 0.3) is 0 Å². The second kappa shape index (κ2) is 9.25. The lowest BCUT2D eigenvalue weighted by Crippen LogP contribution is -2.09. The Balaban J connectivity index is 0. The van der Waals surface area contributed by atoms with E-state index in [-0.39, 0.29) is 12.8 Å². The van der Waals surface area contributed by atoms with Crippen LogP contribution >= 0.6 is 0 Å². The molecular weight excluding hydrogens is 240 g/mol. The van der Waals surface area contributed by atoms with Gasteiger partial charge < -0.3 is 4.74 Å². The third kappa shape index (κ3) is 11.1. The van der Waals surface area contributed by atoms with Gasteiger partial charge in [-0.1, -0.05) is 13.8 Å². The van der Waals surface area contributed by atoms with Crippen LogP contribution in [0.3, 0.4) is 0 Å². The third-order valence-corrected chi connectivity index (χ3v) is 2.03. The van der Waals surface area contributed by atoms with Gasteiger partial charge in [0.1, 0.15) is 0 Å². The van der Waals surface area contributed by atoms with Crippen LogP contribution in [-0.2, 0) is 33.1 Å². The predicted molar refractivity (Wildman–Crippen MR) is 54.6 cm³/mol. The number of hydrogen-bond acceptors (Lipinski definition) is 7. The Bertz CT molecular complexity index is 282. The number of carbonyl (C=O) groups is 2. The van der Waals surface area contributed by atoms with Gasteiger partial charge in [-0.3, -0.25) is 18.0 Å². The van der Waals surface area contributed by atoms with Crippen LogP contribution in [0.2, 0.25) is 0 Å². The monoisotopic (exact) mass is 256 g/mol. The van der Waals surface area contributed by atoms with Crippen molar-refractivity contribution in [1.82, 2.24) is 0 Å². The standard InChI is InChI=1S/C6H10O3.C2H6O4S/c1-3-5(7)9-6(8)4-2;1-5-7(3,4)6-2/h3-4H2,1-2H3;1-2H3. The zero-order valence-electron chi connectivity index (χ0n) is 9.68. The molecule has 7 nitrogen and oxygen atoms in total. The van der Waals surface area contributed by atoms with E-state index in [1.807, 2.05) is 0 Å². The lowest BCUT2D eigenvalue weighted by Gasteiger charge is -1.95. The molecule has 8 heteroatoms. The molecule has 0 rings (SSSR count). The van der Waals surface area contributed by atoms with E-state index in [1.165, 1.54) is 0 Å². The Morgan fingerprint density at radius 1 is 0.938 bits per heavy atom. The first-order valence-electron chi connectivity index (χ1n) is 4.42. The Labute approximate surface area is 95.0 Å². The van der Waals surface area contributed by atoms with Crippen LogP contribution in [0.1, 0.15) is 26.7 Å². The van der Waals surface area contributed by atoms with Gasteiger partial charge in [-0.15, -0.1) is 0 Å². The summed E-state index contributed by atoms with van der Waals surface area (Å²) in [6.07, 6.45) is 0.511. The maximum absolute atomic E-state index is 10.3. The van der Waals surface area contributed by atoms with E-state index in [4.69, 9.17) is 0 Å². The van der Waals surface area contributed by atoms with Crippen LogP contribution < -0.4 is 0 Å². The first-order valence-corrected chi connectivity index (χ1v) is 5.75. The molecule has 0 N–H and O–H groups in total. The van der Waals surface area contributed by atoms with Gasteiger partial charge in [-0.05, 0) is 0 Å². The fourth-order valence-corrected chi connectivity index (χ4v) is 0.475. The molecule has 0 radical (unpaired) electrons. The van der Waals surface area contributed by atoms with Crippen molar-refractivity contribution < 1.29 is 31.1 Å². The maximum Gasteiger partial charge on any atom is 0.399 e. The summed E-state index contributed by atoms with van der Waals surface area (Å²) in [7, 11) is -1.60. The summed E-state index contributed by atoms with van der Waals surface area (Å²) in [4.78, 5) is 20.7. The molecule has 0 aliphatic carbocycles. The van der Waals surface area contributed by atoms with E-state index in [0.717, 1.165) is 14.2 Å². The highest BCUT2D eigenvalue weighted by atomic mass is 32.3. The highest BCUT2D eigenvalue weighted by molar-refractivity contribution is 7.81. The van der Waals surface area contributed by atoms with Gasteiger partial charge in [0.15, 0.2) is 0 Å². The molecule has 0 aliphatic heterocycles. The predicted octanol–water partition coefficient (Wildman–Crippen LogP) is 0.400. The van der Waals surface area contributed by atoms with Crippen LogP contribution in [0.15, 0.2) is 0 Å². The molecule has 0 saturated carbocycles. The first kappa shape index (κ1) is 17.4. The summed E-state index contributed by atoms with van der Waals surface area (Å²) < 4.78 is 31.8. The third-order valence-electron chi connectivity index (χ3n) is 1.21. The van der Waals surface area contributed by atoms with Crippen molar-refractivity contribution in [1.29, 1.82) is 0 Å². The fourth-order valence-electron chi connectivity index (χ4n) is 0.339. The molecule has 0 aromatic heterocycles. The highest BCUT2D eigenvalue weighted by Gasteiger charge is 2.03. The number of esters is 2. The average Bonchev–Trinajstić information content (AvgIpc) is 2.29. The summed E-state index contributed by atoms with van der Waals surface area (Å²) in [5.41, 5.74) is 0. The van der Waals surface area contributed by atoms with Gasteiger partial charge >= 0.3 is 22.3 Å². The lowest BCUT2D eigenvalue weighted by atomic mass is 10.5. The number of ether oxygens (including phenoxy) is 1. The molecule has 0 spiro atoms. The Morgan fingerprint density at radius 2 is 1.25 bits per heavy atom. The number of carbonyl (C=O) groups excluding carboxylic acids is 2. The SMILES string of the molecule is CCC(=O)OC(=O)CC.COS(=O)(=O)OC. The smallest absolute Gasteiger partial charge is 0.393 e. The Hall–Kier alpha value is -0.990. The highest BCUT2D eigenvalue weighted by Crippen LogP contribution is 1.88. The topological polar surface area (TPSA) is 96.0 Å².